The summed E-state index contributed by atoms with van der Waals surface area (Å²) in [6.07, 6.45) is 3.81. The van der Waals surface area contributed by atoms with Crippen molar-refractivity contribution >= 4 is 28.7 Å². The van der Waals surface area contributed by atoms with Gasteiger partial charge in [-0.25, -0.2) is 0 Å². The van der Waals surface area contributed by atoms with Crippen LogP contribution in [-0.2, 0) is 13.5 Å². The lowest BCUT2D eigenvalue weighted by molar-refractivity contribution is 0.0971. The van der Waals surface area contributed by atoms with Crippen molar-refractivity contribution in [3.05, 3.63) is 39.3 Å². The van der Waals surface area contributed by atoms with E-state index in [1.54, 1.807) is 18.4 Å². The van der Waals surface area contributed by atoms with E-state index in [0.717, 1.165) is 12.8 Å². The SMILES string of the molecule is Cn1ncc(Cl)c1C(=O)CCCc1cccs1. The molecule has 0 aromatic carbocycles. The Bertz CT molecular complexity index is 485. The molecule has 90 valence electrons. The molecule has 0 radical (unpaired) electrons. The first-order valence-electron chi connectivity index (χ1n) is 5.41. The first-order valence-corrected chi connectivity index (χ1v) is 6.67. The second-order valence-electron chi connectivity index (χ2n) is 3.82. The highest BCUT2D eigenvalue weighted by molar-refractivity contribution is 7.09. The highest BCUT2D eigenvalue weighted by Gasteiger charge is 2.14. The van der Waals surface area contributed by atoms with Crippen molar-refractivity contribution in [3.63, 3.8) is 0 Å². The van der Waals surface area contributed by atoms with E-state index in [1.165, 1.54) is 15.8 Å². The molecule has 0 aliphatic heterocycles. The monoisotopic (exact) mass is 268 g/mol. The fourth-order valence-corrected chi connectivity index (χ4v) is 2.74. The van der Waals surface area contributed by atoms with E-state index in [9.17, 15) is 4.79 Å². The number of aromatic nitrogens is 2. The summed E-state index contributed by atoms with van der Waals surface area (Å²) in [7, 11) is 1.73. The van der Waals surface area contributed by atoms with Crippen LogP contribution in [0.25, 0.3) is 0 Å². The molecule has 0 fully saturated rings. The molecule has 2 aromatic heterocycles. The third-order valence-electron chi connectivity index (χ3n) is 2.57. The second-order valence-corrected chi connectivity index (χ2v) is 5.26. The maximum Gasteiger partial charge on any atom is 0.182 e. The Kier molecular flexibility index (Phi) is 3.97. The Morgan fingerprint density at radius 2 is 2.41 bits per heavy atom. The highest BCUT2D eigenvalue weighted by atomic mass is 35.5. The Hall–Kier alpha value is -1.13. The molecule has 0 aliphatic carbocycles. The van der Waals surface area contributed by atoms with Crippen molar-refractivity contribution in [2.75, 3.05) is 0 Å². The third kappa shape index (κ3) is 2.96. The summed E-state index contributed by atoms with van der Waals surface area (Å²) < 4.78 is 1.54. The molecule has 0 N–H and O–H groups in total. The van der Waals surface area contributed by atoms with Gasteiger partial charge in [-0.1, -0.05) is 17.7 Å². The average molecular weight is 269 g/mol. The van der Waals surface area contributed by atoms with E-state index >= 15 is 0 Å². The standard InChI is InChI=1S/C12H13ClN2OS/c1-15-12(10(13)8-14-15)11(16)6-2-4-9-5-3-7-17-9/h3,5,7-8H,2,4,6H2,1H3. The van der Waals surface area contributed by atoms with E-state index in [2.05, 4.69) is 16.5 Å². The van der Waals surface area contributed by atoms with Crippen molar-refractivity contribution in [2.45, 2.75) is 19.3 Å². The number of carbonyl (C=O) groups excluding carboxylic acids is 1. The molecule has 5 heteroatoms. The van der Waals surface area contributed by atoms with Crippen LogP contribution in [0.2, 0.25) is 5.02 Å². The van der Waals surface area contributed by atoms with E-state index < -0.39 is 0 Å². The van der Waals surface area contributed by atoms with Gasteiger partial charge in [-0.2, -0.15) is 5.10 Å². The maximum atomic E-state index is 11.9. The zero-order valence-corrected chi connectivity index (χ0v) is 11.1. The smallest absolute Gasteiger partial charge is 0.182 e. The molecule has 17 heavy (non-hydrogen) atoms. The number of aryl methyl sites for hydroxylation is 2. The predicted molar refractivity (Wildman–Crippen MR) is 69.8 cm³/mol. The first-order chi connectivity index (χ1) is 8.18. The molecule has 0 bridgehead atoms. The molecule has 0 aliphatic rings. The van der Waals surface area contributed by atoms with Gasteiger partial charge in [0.25, 0.3) is 0 Å². The average Bonchev–Trinajstić information content (AvgIpc) is 2.89. The lowest BCUT2D eigenvalue weighted by atomic mass is 10.1. The predicted octanol–water partition coefficient (Wildman–Crippen LogP) is 3.34. The van der Waals surface area contributed by atoms with Gasteiger partial charge in [0.2, 0.25) is 0 Å². The van der Waals surface area contributed by atoms with Crippen molar-refractivity contribution in [3.8, 4) is 0 Å². The molecular weight excluding hydrogens is 256 g/mol. The maximum absolute atomic E-state index is 11.9. The topological polar surface area (TPSA) is 34.9 Å². The van der Waals surface area contributed by atoms with Gasteiger partial charge in [-0.05, 0) is 24.3 Å². The lowest BCUT2D eigenvalue weighted by Crippen LogP contribution is -2.07. The van der Waals surface area contributed by atoms with Gasteiger partial charge in [-0.3, -0.25) is 9.48 Å². The molecule has 0 spiro atoms. The molecule has 0 unspecified atom stereocenters. The van der Waals surface area contributed by atoms with Crippen LogP contribution in [0.3, 0.4) is 0 Å². The fraction of sp³-hybridized carbons (Fsp3) is 0.333. The van der Waals surface area contributed by atoms with Gasteiger partial charge in [0.15, 0.2) is 5.78 Å². The second kappa shape index (κ2) is 5.47. The zero-order valence-electron chi connectivity index (χ0n) is 9.52. The highest BCUT2D eigenvalue weighted by Crippen LogP contribution is 2.18. The van der Waals surface area contributed by atoms with Crippen molar-refractivity contribution < 1.29 is 4.79 Å². The fourth-order valence-electron chi connectivity index (χ4n) is 1.72. The zero-order chi connectivity index (χ0) is 12.3. The van der Waals surface area contributed by atoms with E-state index in [4.69, 9.17) is 11.6 Å². The largest absolute Gasteiger partial charge is 0.292 e. The van der Waals surface area contributed by atoms with E-state index in [1.807, 2.05) is 6.07 Å². The van der Waals surface area contributed by atoms with Gasteiger partial charge in [0, 0.05) is 18.3 Å². The minimum atomic E-state index is 0.0616. The van der Waals surface area contributed by atoms with Gasteiger partial charge in [-0.15, -0.1) is 11.3 Å². The summed E-state index contributed by atoms with van der Waals surface area (Å²) in [5, 5.41) is 6.45. The Balaban J connectivity index is 1.90. The first kappa shape index (κ1) is 12.3. The molecular formula is C12H13ClN2OS. The van der Waals surface area contributed by atoms with Crippen LogP contribution in [0, 0.1) is 0 Å². The van der Waals surface area contributed by atoms with Crippen LogP contribution in [0.5, 0.6) is 0 Å². The normalized spacial score (nSPS) is 10.7. The van der Waals surface area contributed by atoms with Gasteiger partial charge in [0.05, 0.1) is 11.2 Å². The molecule has 0 atom stereocenters. The molecule has 2 rings (SSSR count). The number of Topliss-reactive ketones (excluding diaryl/α,β-unsaturated/α-hetero) is 1. The molecule has 3 nitrogen and oxygen atoms in total. The van der Waals surface area contributed by atoms with Gasteiger partial charge < -0.3 is 0 Å². The number of ketones is 1. The Morgan fingerprint density at radius 1 is 1.59 bits per heavy atom. The summed E-state index contributed by atoms with van der Waals surface area (Å²) in [4.78, 5) is 13.2. The minimum Gasteiger partial charge on any atom is -0.292 e. The quantitative estimate of drug-likeness (QED) is 0.780. The molecule has 0 saturated carbocycles. The summed E-state index contributed by atoms with van der Waals surface area (Å²) in [6, 6.07) is 4.12. The number of rotatable bonds is 5. The molecule has 0 amide bonds. The van der Waals surface area contributed by atoms with Crippen LogP contribution in [0.4, 0.5) is 0 Å². The number of carbonyl (C=O) groups is 1. The molecule has 2 aromatic rings. The van der Waals surface area contributed by atoms with E-state index in [-0.39, 0.29) is 5.78 Å². The van der Waals surface area contributed by atoms with Crippen molar-refractivity contribution in [1.82, 2.24) is 9.78 Å². The van der Waals surface area contributed by atoms with Crippen LogP contribution in [0.15, 0.2) is 23.7 Å². The number of hydrogen-bond donors (Lipinski definition) is 0. The summed E-state index contributed by atoms with van der Waals surface area (Å²) in [5.74, 6) is 0.0616. The van der Waals surface area contributed by atoms with Crippen LogP contribution in [0.1, 0.15) is 28.2 Å². The van der Waals surface area contributed by atoms with E-state index in [0.29, 0.717) is 17.1 Å². The van der Waals surface area contributed by atoms with Crippen molar-refractivity contribution in [1.29, 1.82) is 0 Å². The minimum absolute atomic E-state index is 0.0616. The Morgan fingerprint density at radius 3 is 3.00 bits per heavy atom. The summed E-state index contributed by atoms with van der Waals surface area (Å²) in [5.41, 5.74) is 0.512. The van der Waals surface area contributed by atoms with Crippen LogP contribution >= 0.6 is 22.9 Å². The number of nitrogens with zero attached hydrogens (tertiary/aromatic N) is 2. The molecule has 0 saturated heterocycles. The lowest BCUT2D eigenvalue weighted by Gasteiger charge is -2.01. The number of thiophene rings is 1. The number of hydrogen-bond acceptors (Lipinski definition) is 3. The van der Waals surface area contributed by atoms with Crippen molar-refractivity contribution in [2.24, 2.45) is 7.05 Å². The summed E-state index contributed by atoms with van der Waals surface area (Å²) in [6.45, 7) is 0. The van der Waals surface area contributed by atoms with Gasteiger partial charge in [0.1, 0.15) is 5.69 Å². The van der Waals surface area contributed by atoms with Crippen LogP contribution < -0.4 is 0 Å². The Labute approximate surface area is 109 Å². The molecule has 2 heterocycles. The number of halogens is 1. The summed E-state index contributed by atoms with van der Waals surface area (Å²) >= 11 is 7.64. The van der Waals surface area contributed by atoms with Gasteiger partial charge >= 0.3 is 0 Å². The van der Waals surface area contributed by atoms with Crippen LogP contribution in [-0.4, -0.2) is 15.6 Å². The third-order valence-corrected chi connectivity index (χ3v) is 3.78.